The van der Waals surface area contributed by atoms with Gasteiger partial charge in [0, 0.05) is 36.3 Å². The van der Waals surface area contributed by atoms with Crippen LogP contribution < -0.4 is 0 Å². The zero-order valence-electron chi connectivity index (χ0n) is 13.4. The van der Waals surface area contributed by atoms with Crippen molar-refractivity contribution in [2.45, 2.75) is 52.7 Å². The highest BCUT2D eigenvalue weighted by molar-refractivity contribution is 5.30. The van der Waals surface area contributed by atoms with Crippen molar-refractivity contribution >= 4 is 0 Å². The predicted molar refractivity (Wildman–Crippen MR) is 83.2 cm³/mol. The van der Waals surface area contributed by atoms with Crippen LogP contribution in [-0.4, -0.2) is 19.5 Å². The minimum Gasteiger partial charge on any atom is -0.388 e. The molecule has 0 radical (unpaired) electrons. The molecule has 2 heterocycles. The number of nitrogens with zero attached hydrogens (tertiary/aromatic N) is 3. The number of aryl methyl sites for hydroxylation is 2. The van der Waals surface area contributed by atoms with Gasteiger partial charge in [0.15, 0.2) is 0 Å². The molecule has 114 valence electrons. The van der Waals surface area contributed by atoms with Gasteiger partial charge >= 0.3 is 0 Å². The molecule has 1 atom stereocenters. The Morgan fingerprint density at radius 1 is 1.43 bits per heavy atom. The van der Waals surface area contributed by atoms with Crippen LogP contribution in [0.25, 0.3) is 0 Å². The molecule has 0 saturated heterocycles. The molecule has 0 spiro atoms. The molecule has 0 bridgehead atoms. The lowest BCUT2D eigenvalue weighted by atomic mass is 9.75. The molecule has 4 heteroatoms. The van der Waals surface area contributed by atoms with E-state index in [4.69, 9.17) is 0 Å². The van der Waals surface area contributed by atoms with Crippen molar-refractivity contribution in [3.05, 3.63) is 41.0 Å². The Labute approximate surface area is 126 Å². The highest BCUT2D eigenvalue weighted by atomic mass is 16.3. The van der Waals surface area contributed by atoms with Crippen LogP contribution in [0.3, 0.4) is 0 Å². The molecule has 4 nitrogen and oxygen atoms in total. The van der Waals surface area contributed by atoms with Crippen LogP contribution in [0.1, 0.15) is 55.8 Å². The molecule has 0 fully saturated rings. The first-order chi connectivity index (χ1) is 9.89. The molecule has 1 N–H and O–H groups in total. The fraction of sp³-hybridized carbons (Fsp3) is 0.588. The third-order valence-corrected chi connectivity index (χ3v) is 4.53. The summed E-state index contributed by atoms with van der Waals surface area (Å²) >= 11 is 0. The van der Waals surface area contributed by atoms with Crippen molar-refractivity contribution < 1.29 is 5.11 Å². The number of hydrogen-bond donors (Lipinski definition) is 1. The quantitative estimate of drug-likeness (QED) is 0.943. The first kappa shape index (κ1) is 14.4. The van der Waals surface area contributed by atoms with E-state index in [1.165, 1.54) is 11.3 Å². The molecule has 2 aromatic heterocycles. The largest absolute Gasteiger partial charge is 0.388 e. The second-order valence-corrected chi connectivity index (χ2v) is 7.03. The molecule has 0 saturated carbocycles. The van der Waals surface area contributed by atoms with Gasteiger partial charge < -0.3 is 9.67 Å². The number of aliphatic hydroxyl groups excluding tert-OH is 1. The molecule has 1 aliphatic carbocycles. The van der Waals surface area contributed by atoms with E-state index in [0.717, 1.165) is 37.1 Å². The van der Waals surface area contributed by atoms with E-state index in [2.05, 4.69) is 48.9 Å². The lowest BCUT2D eigenvalue weighted by Gasteiger charge is -2.34. The molecule has 0 amide bonds. The van der Waals surface area contributed by atoms with Crippen molar-refractivity contribution in [1.29, 1.82) is 0 Å². The molecule has 21 heavy (non-hydrogen) atoms. The Hall–Kier alpha value is -1.55. The summed E-state index contributed by atoms with van der Waals surface area (Å²) in [4.78, 5) is 0. The van der Waals surface area contributed by atoms with E-state index in [0.29, 0.717) is 0 Å². The van der Waals surface area contributed by atoms with Crippen molar-refractivity contribution in [3.8, 4) is 0 Å². The van der Waals surface area contributed by atoms with Crippen LogP contribution in [0.2, 0.25) is 0 Å². The average molecular weight is 287 g/mol. The highest BCUT2D eigenvalue weighted by Crippen LogP contribution is 2.41. The maximum atomic E-state index is 10.4. The molecule has 1 unspecified atom stereocenters. The topological polar surface area (TPSA) is 43.0 Å². The molecule has 0 aliphatic heterocycles. The second kappa shape index (κ2) is 5.02. The van der Waals surface area contributed by atoms with Crippen molar-refractivity contribution in [1.82, 2.24) is 14.3 Å². The monoisotopic (exact) mass is 287 g/mol. The third kappa shape index (κ3) is 2.64. The van der Waals surface area contributed by atoms with E-state index in [-0.39, 0.29) is 11.5 Å². The summed E-state index contributed by atoms with van der Waals surface area (Å²) in [6.45, 7) is 7.45. The number of fused-ring (bicyclic) bond motifs is 1. The van der Waals surface area contributed by atoms with Crippen LogP contribution in [0.15, 0.2) is 18.5 Å². The van der Waals surface area contributed by atoms with Gasteiger partial charge in [-0.05, 0) is 30.7 Å². The Morgan fingerprint density at radius 3 is 2.90 bits per heavy atom. The van der Waals surface area contributed by atoms with Crippen molar-refractivity contribution in [2.24, 2.45) is 12.5 Å². The minimum absolute atomic E-state index is 0.158. The van der Waals surface area contributed by atoms with Crippen LogP contribution in [0.4, 0.5) is 0 Å². The lowest BCUT2D eigenvalue weighted by Crippen LogP contribution is -2.26. The normalized spacial score (nSPS) is 20.5. The first-order valence-electron chi connectivity index (χ1n) is 7.77. The SMILES string of the molecule is CCc1nn(C)cc1Cn1ccc2c1CC(C)(C)CC2O. The summed E-state index contributed by atoms with van der Waals surface area (Å²) < 4.78 is 4.18. The number of rotatable bonds is 3. The summed E-state index contributed by atoms with van der Waals surface area (Å²) in [5.41, 5.74) is 4.98. The zero-order valence-corrected chi connectivity index (χ0v) is 13.4. The van der Waals surface area contributed by atoms with E-state index in [1.807, 2.05) is 11.7 Å². The van der Waals surface area contributed by atoms with E-state index in [1.54, 1.807) is 0 Å². The second-order valence-electron chi connectivity index (χ2n) is 7.03. The summed E-state index contributed by atoms with van der Waals surface area (Å²) in [6, 6.07) is 2.08. The molecule has 2 aromatic rings. The van der Waals surface area contributed by atoms with Gasteiger partial charge in [-0.1, -0.05) is 20.8 Å². The molecule has 1 aliphatic rings. The molecular weight excluding hydrogens is 262 g/mol. The van der Waals surface area contributed by atoms with E-state index < -0.39 is 0 Å². The van der Waals surface area contributed by atoms with Gasteiger partial charge in [-0.15, -0.1) is 0 Å². The molecular formula is C17H25N3O. The van der Waals surface area contributed by atoms with Crippen LogP contribution in [0.5, 0.6) is 0 Å². The predicted octanol–water partition coefficient (Wildman–Crippen LogP) is 2.84. The van der Waals surface area contributed by atoms with E-state index in [9.17, 15) is 5.11 Å². The zero-order chi connectivity index (χ0) is 15.2. The Kier molecular flexibility index (Phi) is 3.44. The summed E-state index contributed by atoms with van der Waals surface area (Å²) in [5.74, 6) is 0. The minimum atomic E-state index is -0.329. The Balaban J connectivity index is 1.94. The fourth-order valence-electron chi connectivity index (χ4n) is 3.53. The summed E-state index contributed by atoms with van der Waals surface area (Å²) in [7, 11) is 1.97. The number of aromatic nitrogens is 3. The van der Waals surface area contributed by atoms with E-state index >= 15 is 0 Å². The third-order valence-electron chi connectivity index (χ3n) is 4.53. The maximum absolute atomic E-state index is 10.4. The van der Waals surface area contributed by atoms with Gasteiger partial charge in [-0.2, -0.15) is 5.10 Å². The summed E-state index contributed by atoms with van der Waals surface area (Å²) in [6.07, 6.45) is 6.71. The lowest BCUT2D eigenvalue weighted by molar-refractivity contribution is 0.0981. The maximum Gasteiger partial charge on any atom is 0.0812 e. The standard InChI is InChI=1S/C17H25N3O/c1-5-14-12(10-19(4)18-14)11-20-7-6-13-15(20)8-17(2,3)9-16(13)21/h6-7,10,16,21H,5,8-9,11H2,1-4H3. The number of hydrogen-bond acceptors (Lipinski definition) is 2. The van der Waals surface area contributed by atoms with Crippen LogP contribution >= 0.6 is 0 Å². The average Bonchev–Trinajstić information content (AvgIpc) is 2.93. The van der Waals surface area contributed by atoms with Gasteiger partial charge in [0.1, 0.15) is 0 Å². The van der Waals surface area contributed by atoms with Crippen molar-refractivity contribution in [2.75, 3.05) is 0 Å². The smallest absolute Gasteiger partial charge is 0.0812 e. The van der Waals surface area contributed by atoms with Gasteiger partial charge in [0.25, 0.3) is 0 Å². The van der Waals surface area contributed by atoms with Gasteiger partial charge in [-0.3, -0.25) is 4.68 Å². The van der Waals surface area contributed by atoms with Gasteiger partial charge in [0.05, 0.1) is 18.3 Å². The van der Waals surface area contributed by atoms with Gasteiger partial charge in [-0.25, -0.2) is 0 Å². The molecule has 0 aromatic carbocycles. The van der Waals surface area contributed by atoms with Gasteiger partial charge in [0.2, 0.25) is 0 Å². The first-order valence-corrected chi connectivity index (χ1v) is 7.77. The summed E-state index contributed by atoms with van der Waals surface area (Å²) in [5, 5.41) is 14.9. The number of aliphatic hydroxyl groups is 1. The Morgan fingerprint density at radius 2 is 2.19 bits per heavy atom. The Bertz CT molecular complexity index is 651. The highest BCUT2D eigenvalue weighted by Gasteiger charge is 2.33. The van der Waals surface area contributed by atoms with Crippen molar-refractivity contribution in [3.63, 3.8) is 0 Å². The fourth-order valence-corrected chi connectivity index (χ4v) is 3.53. The van der Waals surface area contributed by atoms with Crippen LogP contribution in [0, 0.1) is 5.41 Å². The van der Waals surface area contributed by atoms with Crippen LogP contribution in [-0.2, 0) is 26.4 Å². The molecule has 3 rings (SSSR count).